The maximum Gasteiger partial charge on any atom is 0.369 e. The predicted molar refractivity (Wildman–Crippen MR) is 103 cm³/mol. The van der Waals surface area contributed by atoms with E-state index in [9.17, 15) is 14.4 Å². The standard InChI is InChI=1S/C17H18N6O4S/c1-27-13-6-4-12(5-7-13)21(9-8-14(18)24)15(25)11-22-17(26)23(20-19-22)16-3-2-10-28-16/h2-7,10H,8-9,11H2,1H3,(H2,18,24). The van der Waals surface area contributed by atoms with E-state index >= 15 is 0 Å². The Morgan fingerprint density at radius 1 is 1.21 bits per heavy atom. The Hall–Kier alpha value is -3.47. The molecular weight excluding hydrogens is 384 g/mol. The van der Waals surface area contributed by atoms with Crippen LogP contribution in [-0.4, -0.2) is 45.3 Å². The van der Waals surface area contributed by atoms with Gasteiger partial charge < -0.3 is 15.4 Å². The number of nitrogens with zero attached hydrogens (tertiary/aromatic N) is 5. The second kappa shape index (κ2) is 8.48. The molecule has 28 heavy (non-hydrogen) atoms. The molecule has 3 aromatic rings. The molecule has 0 radical (unpaired) electrons. The number of ether oxygens (including phenoxy) is 1. The molecule has 2 aromatic heterocycles. The van der Waals surface area contributed by atoms with Crippen LogP contribution < -0.4 is 21.1 Å². The summed E-state index contributed by atoms with van der Waals surface area (Å²) in [6.45, 7) is -0.247. The number of carbonyl (C=O) groups excluding carboxylic acids is 2. The van der Waals surface area contributed by atoms with Crippen molar-refractivity contribution in [3.8, 4) is 10.8 Å². The number of hydrogen-bond acceptors (Lipinski definition) is 7. The van der Waals surface area contributed by atoms with Crippen molar-refractivity contribution in [2.24, 2.45) is 5.73 Å². The highest BCUT2D eigenvalue weighted by molar-refractivity contribution is 7.12. The molecule has 3 rings (SSSR count). The van der Waals surface area contributed by atoms with E-state index in [1.165, 1.54) is 23.3 Å². The summed E-state index contributed by atoms with van der Waals surface area (Å²) in [6, 6.07) is 10.3. The quantitative estimate of drug-likeness (QED) is 0.582. The lowest BCUT2D eigenvalue weighted by atomic mass is 10.2. The lowest BCUT2D eigenvalue weighted by molar-refractivity contribution is -0.119. The van der Waals surface area contributed by atoms with Gasteiger partial charge in [0.1, 0.15) is 17.3 Å². The first kappa shape index (κ1) is 19.3. The molecule has 2 N–H and O–H groups in total. The summed E-state index contributed by atoms with van der Waals surface area (Å²) < 4.78 is 7.21. The van der Waals surface area contributed by atoms with Crippen LogP contribution in [-0.2, 0) is 16.1 Å². The van der Waals surface area contributed by atoms with Crippen LogP contribution in [0, 0.1) is 0 Å². The lowest BCUT2D eigenvalue weighted by Crippen LogP contribution is -2.39. The van der Waals surface area contributed by atoms with E-state index in [2.05, 4.69) is 10.4 Å². The maximum atomic E-state index is 12.8. The van der Waals surface area contributed by atoms with Gasteiger partial charge in [-0.3, -0.25) is 9.59 Å². The molecule has 0 aliphatic heterocycles. The van der Waals surface area contributed by atoms with E-state index in [0.29, 0.717) is 16.4 Å². The first-order chi connectivity index (χ1) is 13.5. The summed E-state index contributed by atoms with van der Waals surface area (Å²) in [6.07, 6.45) is -0.0193. The molecule has 2 heterocycles. The molecule has 1 aromatic carbocycles. The Morgan fingerprint density at radius 3 is 2.57 bits per heavy atom. The number of primary amides is 1. The van der Waals surface area contributed by atoms with Crippen LogP contribution >= 0.6 is 11.3 Å². The van der Waals surface area contributed by atoms with Crippen molar-refractivity contribution in [1.29, 1.82) is 0 Å². The summed E-state index contributed by atoms with van der Waals surface area (Å²) in [5.74, 6) is -0.333. The molecule has 0 saturated heterocycles. The Bertz CT molecular complexity index is 1010. The van der Waals surface area contributed by atoms with Crippen LogP contribution in [0.5, 0.6) is 5.75 Å². The van der Waals surface area contributed by atoms with Crippen molar-refractivity contribution in [3.05, 3.63) is 52.3 Å². The zero-order chi connectivity index (χ0) is 20.1. The number of benzene rings is 1. The zero-order valence-electron chi connectivity index (χ0n) is 15.0. The van der Waals surface area contributed by atoms with E-state index in [0.717, 1.165) is 9.36 Å². The highest BCUT2D eigenvalue weighted by Crippen LogP contribution is 2.20. The molecule has 11 heteroatoms. The largest absolute Gasteiger partial charge is 0.497 e. The third kappa shape index (κ3) is 4.26. The fourth-order valence-corrected chi connectivity index (χ4v) is 3.17. The second-order valence-electron chi connectivity index (χ2n) is 5.74. The summed E-state index contributed by atoms with van der Waals surface area (Å²) in [5, 5.41) is 9.99. The van der Waals surface area contributed by atoms with Gasteiger partial charge in [0.2, 0.25) is 11.8 Å². The second-order valence-corrected chi connectivity index (χ2v) is 6.67. The number of aromatic nitrogens is 4. The molecule has 0 unspecified atom stereocenters. The minimum absolute atomic E-state index is 0.0193. The predicted octanol–water partition coefficient (Wildman–Crippen LogP) is 0.408. The summed E-state index contributed by atoms with van der Waals surface area (Å²) in [7, 11) is 1.54. The number of methoxy groups -OCH3 is 1. The van der Waals surface area contributed by atoms with E-state index in [4.69, 9.17) is 10.5 Å². The topological polar surface area (TPSA) is 125 Å². The van der Waals surface area contributed by atoms with Crippen LogP contribution in [0.15, 0.2) is 46.6 Å². The molecule has 0 bridgehead atoms. The van der Waals surface area contributed by atoms with Gasteiger partial charge in [-0.2, -0.15) is 9.36 Å². The third-order valence-corrected chi connectivity index (χ3v) is 4.75. The molecule has 0 fully saturated rings. The number of thiophene rings is 1. The number of tetrazole rings is 1. The zero-order valence-corrected chi connectivity index (χ0v) is 15.8. The van der Waals surface area contributed by atoms with Gasteiger partial charge in [-0.25, -0.2) is 4.79 Å². The van der Waals surface area contributed by atoms with Gasteiger partial charge in [0.05, 0.1) is 7.11 Å². The monoisotopic (exact) mass is 402 g/mol. The Kier molecular flexibility index (Phi) is 5.84. The van der Waals surface area contributed by atoms with Gasteiger partial charge in [0.15, 0.2) is 0 Å². The van der Waals surface area contributed by atoms with Crippen molar-refractivity contribution in [1.82, 2.24) is 19.8 Å². The van der Waals surface area contributed by atoms with Gasteiger partial charge in [0.25, 0.3) is 0 Å². The van der Waals surface area contributed by atoms with Gasteiger partial charge in [-0.15, -0.1) is 11.3 Å². The molecule has 146 valence electrons. The van der Waals surface area contributed by atoms with Crippen LogP contribution in [0.3, 0.4) is 0 Å². The van der Waals surface area contributed by atoms with E-state index in [1.54, 1.807) is 41.8 Å². The van der Waals surface area contributed by atoms with Crippen molar-refractivity contribution in [3.63, 3.8) is 0 Å². The molecule has 0 atom stereocenters. The van der Waals surface area contributed by atoms with Gasteiger partial charge in [-0.05, 0) is 52.2 Å². The van der Waals surface area contributed by atoms with Gasteiger partial charge in [-0.1, -0.05) is 0 Å². The van der Waals surface area contributed by atoms with E-state index in [1.807, 2.05) is 0 Å². The van der Waals surface area contributed by atoms with E-state index in [-0.39, 0.29) is 19.5 Å². The minimum atomic E-state index is -0.535. The van der Waals surface area contributed by atoms with Crippen LogP contribution in [0.25, 0.3) is 5.00 Å². The van der Waals surface area contributed by atoms with Crippen LogP contribution in [0.4, 0.5) is 5.69 Å². The molecule has 10 nitrogen and oxygen atoms in total. The first-order valence-corrected chi connectivity index (χ1v) is 9.17. The summed E-state index contributed by atoms with van der Waals surface area (Å²) in [4.78, 5) is 37.9. The third-order valence-electron chi connectivity index (χ3n) is 3.91. The number of hydrogen-bond donors (Lipinski definition) is 1. The molecular formula is C17H18N6O4S. The first-order valence-electron chi connectivity index (χ1n) is 8.29. The minimum Gasteiger partial charge on any atom is -0.497 e. The summed E-state index contributed by atoms with van der Waals surface area (Å²) in [5.41, 5.74) is 5.24. The highest BCUT2D eigenvalue weighted by atomic mass is 32.1. The fourth-order valence-electron chi connectivity index (χ4n) is 2.50. The molecule has 0 aliphatic rings. The number of anilines is 1. The Labute approximate surface area is 163 Å². The van der Waals surface area contributed by atoms with E-state index < -0.39 is 17.5 Å². The Balaban J connectivity index is 1.83. The van der Waals surface area contributed by atoms with Gasteiger partial charge >= 0.3 is 5.69 Å². The van der Waals surface area contributed by atoms with Crippen LogP contribution in [0.2, 0.25) is 0 Å². The number of amides is 2. The number of carbonyl (C=O) groups is 2. The highest BCUT2D eigenvalue weighted by Gasteiger charge is 2.20. The average Bonchev–Trinajstić information content (AvgIpc) is 3.33. The van der Waals surface area contributed by atoms with Gasteiger partial charge in [0, 0.05) is 18.7 Å². The lowest BCUT2D eigenvalue weighted by Gasteiger charge is -2.22. The molecule has 0 spiro atoms. The fraction of sp³-hybridized carbons (Fsp3) is 0.235. The smallest absolute Gasteiger partial charge is 0.369 e. The number of nitrogens with two attached hydrogens (primary N) is 1. The summed E-state index contributed by atoms with van der Waals surface area (Å²) >= 11 is 1.33. The van der Waals surface area contributed by atoms with Crippen molar-refractivity contribution < 1.29 is 14.3 Å². The molecule has 2 amide bonds. The molecule has 0 saturated carbocycles. The van der Waals surface area contributed by atoms with Crippen molar-refractivity contribution >= 4 is 28.8 Å². The Morgan fingerprint density at radius 2 is 1.96 bits per heavy atom. The normalized spacial score (nSPS) is 10.6. The SMILES string of the molecule is COc1ccc(N(CCC(N)=O)C(=O)Cn2nnn(-c3cccs3)c2=O)cc1. The average molecular weight is 402 g/mol. The van der Waals surface area contributed by atoms with Crippen LogP contribution in [0.1, 0.15) is 6.42 Å². The van der Waals surface area contributed by atoms with Crippen molar-refractivity contribution in [2.75, 3.05) is 18.6 Å². The number of rotatable bonds is 8. The maximum absolute atomic E-state index is 12.8. The molecule has 0 aliphatic carbocycles. The van der Waals surface area contributed by atoms with Crippen molar-refractivity contribution in [2.45, 2.75) is 13.0 Å².